The standard InChI is InChI=1S/C15H20FN/c16-14-6-4-5-13(11-14)15(12-7-8-12)9-2-1-3-10-17-15/h4-6,11-12,17H,1-3,7-10H2. The van der Waals surface area contributed by atoms with Crippen molar-refractivity contribution in [3.63, 3.8) is 0 Å². The molecule has 2 aliphatic rings. The third-order valence-corrected chi connectivity index (χ3v) is 4.30. The summed E-state index contributed by atoms with van der Waals surface area (Å²) in [6.45, 7) is 1.08. The summed E-state index contributed by atoms with van der Waals surface area (Å²) in [7, 11) is 0. The fourth-order valence-electron chi connectivity index (χ4n) is 3.28. The van der Waals surface area contributed by atoms with Gasteiger partial charge in [0.15, 0.2) is 0 Å². The lowest BCUT2D eigenvalue weighted by molar-refractivity contribution is 0.278. The lowest BCUT2D eigenvalue weighted by Gasteiger charge is -2.35. The molecule has 0 spiro atoms. The van der Waals surface area contributed by atoms with E-state index in [4.69, 9.17) is 0 Å². The zero-order valence-corrected chi connectivity index (χ0v) is 10.2. The lowest BCUT2D eigenvalue weighted by atomic mass is 9.81. The van der Waals surface area contributed by atoms with Gasteiger partial charge in [0.2, 0.25) is 0 Å². The second-order valence-corrected chi connectivity index (χ2v) is 5.49. The van der Waals surface area contributed by atoms with Crippen molar-refractivity contribution in [3.05, 3.63) is 35.6 Å². The molecule has 1 aliphatic carbocycles. The van der Waals surface area contributed by atoms with Gasteiger partial charge in [-0.3, -0.25) is 0 Å². The summed E-state index contributed by atoms with van der Waals surface area (Å²) in [5.41, 5.74) is 1.24. The average Bonchev–Trinajstić information content (AvgIpc) is 3.16. The molecule has 1 aromatic rings. The Bertz CT molecular complexity index is 390. The maximum atomic E-state index is 13.4. The first-order valence-electron chi connectivity index (χ1n) is 6.82. The fourth-order valence-corrected chi connectivity index (χ4v) is 3.28. The Hall–Kier alpha value is -0.890. The summed E-state index contributed by atoms with van der Waals surface area (Å²) >= 11 is 0. The SMILES string of the molecule is Fc1cccc(C2(C3CC3)CCCCCN2)c1. The highest BCUT2D eigenvalue weighted by Gasteiger charge is 2.46. The number of nitrogens with one attached hydrogen (secondary N) is 1. The van der Waals surface area contributed by atoms with Crippen LogP contribution in [0.3, 0.4) is 0 Å². The molecule has 2 fully saturated rings. The minimum Gasteiger partial charge on any atom is -0.307 e. The molecule has 1 saturated carbocycles. The molecule has 0 amide bonds. The second-order valence-electron chi connectivity index (χ2n) is 5.49. The number of hydrogen-bond donors (Lipinski definition) is 1. The molecule has 0 radical (unpaired) electrons. The van der Waals surface area contributed by atoms with E-state index in [0.29, 0.717) is 0 Å². The largest absolute Gasteiger partial charge is 0.307 e. The summed E-state index contributed by atoms with van der Waals surface area (Å²) in [5.74, 6) is 0.621. The van der Waals surface area contributed by atoms with Crippen LogP contribution in [0.2, 0.25) is 0 Å². The van der Waals surface area contributed by atoms with E-state index in [1.54, 1.807) is 12.1 Å². The molecule has 1 aromatic carbocycles. The van der Waals surface area contributed by atoms with Crippen LogP contribution in [0.25, 0.3) is 0 Å². The van der Waals surface area contributed by atoms with Gasteiger partial charge in [-0.15, -0.1) is 0 Å². The molecule has 1 unspecified atom stereocenters. The highest BCUT2D eigenvalue weighted by molar-refractivity contribution is 5.28. The molecule has 1 atom stereocenters. The van der Waals surface area contributed by atoms with Gasteiger partial charge in [0.05, 0.1) is 0 Å². The van der Waals surface area contributed by atoms with E-state index in [1.165, 1.54) is 44.1 Å². The van der Waals surface area contributed by atoms with Crippen LogP contribution in [-0.2, 0) is 5.54 Å². The van der Waals surface area contributed by atoms with Crippen LogP contribution in [0.15, 0.2) is 24.3 Å². The van der Waals surface area contributed by atoms with Crippen LogP contribution >= 0.6 is 0 Å². The zero-order chi connectivity index (χ0) is 11.7. The first-order valence-corrected chi connectivity index (χ1v) is 6.82. The van der Waals surface area contributed by atoms with Gasteiger partial charge in [0, 0.05) is 5.54 Å². The molecule has 1 N–H and O–H groups in total. The van der Waals surface area contributed by atoms with Crippen molar-refractivity contribution in [2.24, 2.45) is 5.92 Å². The van der Waals surface area contributed by atoms with Gasteiger partial charge in [-0.1, -0.05) is 25.0 Å². The zero-order valence-electron chi connectivity index (χ0n) is 10.2. The minimum absolute atomic E-state index is 0.0681. The van der Waals surface area contributed by atoms with Gasteiger partial charge < -0.3 is 5.32 Å². The Balaban J connectivity index is 1.97. The normalized spacial score (nSPS) is 29.9. The molecule has 1 nitrogen and oxygen atoms in total. The minimum atomic E-state index is -0.103. The van der Waals surface area contributed by atoms with E-state index < -0.39 is 0 Å². The van der Waals surface area contributed by atoms with Gasteiger partial charge in [-0.05, 0) is 55.8 Å². The van der Waals surface area contributed by atoms with Crippen molar-refractivity contribution in [2.45, 2.75) is 44.1 Å². The van der Waals surface area contributed by atoms with Gasteiger partial charge in [-0.25, -0.2) is 4.39 Å². The lowest BCUT2D eigenvalue weighted by Crippen LogP contribution is -2.43. The van der Waals surface area contributed by atoms with Crippen LogP contribution in [0.1, 0.15) is 44.1 Å². The third kappa shape index (κ3) is 2.11. The average molecular weight is 233 g/mol. The predicted octanol–water partition coefficient (Wildman–Crippen LogP) is 3.59. The summed E-state index contributed by atoms with van der Waals surface area (Å²) in [5, 5.41) is 3.73. The highest BCUT2D eigenvalue weighted by Crippen LogP contribution is 2.49. The molecule has 0 aromatic heterocycles. The number of benzene rings is 1. The molecule has 0 bridgehead atoms. The maximum absolute atomic E-state index is 13.4. The Morgan fingerprint density at radius 2 is 2.06 bits per heavy atom. The second kappa shape index (κ2) is 4.41. The van der Waals surface area contributed by atoms with E-state index in [-0.39, 0.29) is 11.4 Å². The Morgan fingerprint density at radius 1 is 1.18 bits per heavy atom. The summed E-state index contributed by atoms with van der Waals surface area (Å²) in [4.78, 5) is 0. The number of rotatable bonds is 2. The summed E-state index contributed by atoms with van der Waals surface area (Å²) in [6, 6.07) is 7.22. The molecular weight excluding hydrogens is 213 g/mol. The molecule has 1 heterocycles. The number of halogens is 1. The molecule has 1 saturated heterocycles. The van der Waals surface area contributed by atoms with Crippen LogP contribution < -0.4 is 5.32 Å². The van der Waals surface area contributed by atoms with Gasteiger partial charge in [-0.2, -0.15) is 0 Å². The molecular formula is C15H20FN. The van der Waals surface area contributed by atoms with Gasteiger partial charge in [0.1, 0.15) is 5.82 Å². The van der Waals surface area contributed by atoms with Crippen molar-refractivity contribution in [1.82, 2.24) is 5.32 Å². The number of hydrogen-bond acceptors (Lipinski definition) is 1. The van der Waals surface area contributed by atoms with Crippen LogP contribution in [-0.4, -0.2) is 6.54 Å². The predicted molar refractivity (Wildman–Crippen MR) is 67.3 cm³/mol. The maximum Gasteiger partial charge on any atom is 0.123 e. The monoisotopic (exact) mass is 233 g/mol. The van der Waals surface area contributed by atoms with Crippen LogP contribution in [0.4, 0.5) is 4.39 Å². The molecule has 17 heavy (non-hydrogen) atoms. The van der Waals surface area contributed by atoms with E-state index in [0.717, 1.165) is 12.5 Å². The van der Waals surface area contributed by atoms with Gasteiger partial charge in [0.25, 0.3) is 0 Å². The fraction of sp³-hybridized carbons (Fsp3) is 0.600. The van der Waals surface area contributed by atoms with Gasteiger partial charge >= 0.3 is 0 Å². The molecule has 92 valence electrons. The van der Waals surface area contributed by atoms with Crippen LogP contribution in [0.5, 0.6) is 0 Å². The van der Waals surface area contributed by atoms with E-state index >= 15 is 0 Å². The Morgan fingerprint density at radius 3 is 2.82 bits per heavy atom. The molecule has 3 rings (SSSR count). The molecule has 2 heteroatoms. The van der Waals surface area contributed by atoms with Crippen molar-refractivity contribution in [1.29, 1.82) is 0 Å². The first-order chi connectivity index (χ1) is 8.31. The van der Waals surface area contributed by atoms with Crippen molar-refractivity contribution >= 4 is 0 Å². The first kappa shape index (κ1) is 11.2. The van der Waals surface area contributed by atoms with Crippen molar-refractivity contribution in [3.8, 4) is 0 Å². The highest BCUT2D eigenvalue weighted by atomic mass is 19.1. The van der Waals surface area contributed by atoms with E-state index in [9.17, 15) is 4.39 Å². The van der Waals surface area contributed by atoms with Crippen LogP contribution in [0, 0.1) is 11.7 Å². The topological polar surface area (TPSA) is 12.0 Å². The van der Waals surface area contributed by atoms with Crippen molar-refractivity contribution in [2.75, 3.05) is 6.54 Å². The third-order valence-electron chi connectivity index (χ3n) is 4.30. The Kier molecular flexibility index (Phi) is 2.91. The Labute approximate surface area is 102 Å². The summed E-state index contributed by atoms with van der Waals surface area (Å²) in [6.07, 6.45) is 7.58. The van der Waals surface area contributed by atoms with E-state index in [1.807, 2.05) is 6.07 Å². The smallest absolute Gasteiger partial charge is 0.123 e. The van der Waals surface area contributed by atoms with E-state index in [2.05, 4.69) is 11.4 Å². The van der Waals surface area contributed by atoms with Crippen molar-refractivity contribution < 1.29 is 4.39 Å². The summed E-state index contributed by atoms with van der Waals surface area (Å²) < 4.78 is 13.4. The quantitative estimate of drug-likeness (QED) is 0.823. The molecule has 1 aliphatic heterocycles.